The Balaban J connectivity index is 2.26. The number of aromatic nitrogens is 1. The Labute approximate surface area is 118 Å². The molecule has 1 aliphatic heterocycles. The first-order valence-corrected chi connectivity index (χ1v) is 6.35. The number of amides is 1. The maximum atomic E-state index is 12.9. The highest BCUT2D eigenvalue weighted by molar-refractivity contribution is 5.94. The van der Waals surface area contributed by atoms with Crippen LogP contribution in [0.5, 0.6) is 0 Å². The van der Waals surface area contributed by atoms with Crippen LogP contribution in [-0.4, -0.2) is 40.0 Å². The van der Waals surface area contributed by atoms with Crippen molar-refractivity contribution in [1.82, 2.24) is 9.88 Å². The van der Waals surface area contributed by atoms with Crippen LogP contribution in [0, 0.1) is 5.92 Å². The second kappa shape index (κ2) is 5.71. The van der Waals surface area contributed by atoms with Gasteiger partial charge in [-0.1, -0.05) is 0 Å². The third-order valence-corrected chi connectivity index (χ3v) is 3.37. The van der Waals surface area contributed by atoms with Crippen LogP contribution in [0.25, 0.3) is 0 Å². The minimum Gasteiger partial charge on any atom is -0.481 e. The Kier molecular flexibility index (Phi) is 4.15. The van der Waals surface area contributed by atoms with Gasteiger partial charge in [0.25, 0.3) is 5.91 Å². The van der Waals surface area contributed by atoms with E-state index in [4.69, 9.17) is 5.11 Å². The van der Waals surface area contributed by atoms with Gasteiger partial charge < -0.3 is 10.0 Å². The fourth-order valence-corrected chi connectivity index (χ4v) is 2.32. The maximum absolute atomic E-state index is 12.9. The zero-order valence-corrected chi connectivity index (χ0v) is 10.9. The summed E-state index contributed by atoms with van der Waals surface area (Å²) in [5.41, 5.74) is -1.79. The van der Waals surface area contributed by atoms with E-state index in [1.54, 1.807) is 0 Å². The summed E-state index contributed by atoms with van der Waals surface area (Å²) in [6.45, 7) is 0.137. The van der Waals surface area contributed by atoms with E-state index in [0.717, 1.165) is 23.2 Å². The number of carboxylic acids is 1. The lowest BCUT2D eigenvalue weighted by molar-refractivity contribution is -0.143. The number of pyridine rings is 1. The summed E-state index contributed by atoms with van der Waals surface area (Å²) >= 11 is 0. The van der Waals surface area contributed by atoms with E-state index in [0.29, 0.717) is 12.8 Å². The monoisotopic (exact) mass is 302 g/mol. The first-order valence-electron chi connectivity index (χ1n) is 6.35. The van der Waals surface area contributed by atoms with Gasteiger partial charge in [-0.25, -0.2) is 0 Å². The third kappa shape index (κ3) is 3.32. The second-order valence-electron chi connectivity index (χ2n) is 4.83. The number of nitrogens with zero attached hydrogens (tertiary/aromatic N) is 2. The molecule has 1 amide bonds. The van der Waals surface area contributed by atoms with Crippen molar-refractivity contribution in [3.63, 3.8) is 0 Å². The first kappa shape index (κ1) is 15.3. The number of carbonyl (C=O) groups excluding carboxylic acids is 1. The van der Waals surface area contributed by atoms with Crippen LogP contribution in [0.4, 0.5) is 13.2 Å². The second-order valence-corrected chi connectivity index (χ2v) is 4.83. The lowest BCUT2D eigenvalue weighted by atomic mass is 9.97. The van der Waals surface area contributed by atoms with E-state index < -0.39 is 35.2 Å². The van der Waals surface area contributed by atoms with E-state index >= 15 is 0 Å². The molecule has 2 rings (SSSR count). The lowest BCUT2D eigenvalue weighted by Crippen LogP contribution is -2.43. The largest absolute Gasteiger partial charge is 0.481 e. The average Bonchev–Trinajstić information content (AvgIpc) is 2.45. The molecule has 1 aromatic heterocycles. The van der Waals surface area contributed by atoms with Crippen molar-refractivity contribution < 1.29 is 27.9 Å². The molecule has 1 atom stereocenters. The van der Waals surface area contributed by atoms with E-state index in [1.807, 2.05) is 0 Å². The molecule has 0 spiro atoms. The van der Waals surface area contributed by atoms with Crippen molar-refractivity contribution >= 4 is 11.9 Å². The van der Waals surface area contributed by atoms with Gasteiger partial charge in [-0.15, -0.1) is 0 Å². The van der Waals surface area contributed by atoms with Gasteiger partial charge in [0.1, 0.15) is 5.69 Å². The molecule has 1 saturated heterocycles. The molecule has 8 heteroatoms. The van der Waals surface area contributed by atoms with Crippen molar-refractivity contribution in [3.05, 3.63) is 29.6 Å². The van der Waals surface area contributed by atoms with E-state index in [1.165, 1.54) is 0 Å². The number of carbonyl (C=O) groups is 2. The Morgan fingerprint density at radius 3 is 2.71 bits per heavy atom. The van der Waals surface area contributed by atoms with Gasteiger partial charge in [-0.05, 0) is 25.0 Å². The van der Waals surface area contributed by atoms with Crippen LogP contribution in [0.15, 0.2) is 18.3 Å². The highest BCUT2D eigenvalue weighted by Crippen LogP contribution is 2.32. The predicted molar refractivity (Wildman–Crippen MR) is 65.5 cm³/mol. The molecule has 0 saturated carbocycles. The van der Waals surface area contributed by atoms with Crippen molar-refractivity contribution in [3.8, 4) is 0 Å². The number of aliphatic carboxylic acids is 1. The molecule has 0 aromatic carbocycles. The molecular formula is C13H13F3N2O3. The normalized spacial score (nSPS) is 19.4. The highest BCUT2D eigenvalue weighted by Gasteiger charge is 2.38. The molecular weight excluding hydrogens is 289 g/mol. The Morgan fingerprint density at radius 1 is 1.38 bits per heavy atom. The average molecular weight is 302 g/mol. The molecule has 0 bridgehead atoms. The van der Waals surface area contributed by atoms with Gasteiger partial charge in [0.15, 0.2) is 0 Å². The Bertz CT molecular complexity index is 560. The molecule has 5 nitrogen and oxygen atoms in total. The molecule has 1 N–H and O–H groups in total. The summed E-state index contributed by atoms with van der Waals surface area (Å²) in [5, 5.41) is 8.96. The van der Waals surface area contributed by atoms with Gasteiger partial charge >= 0.3 is 12.1 Å². The smallest absolute Gasteiger partial charge is 0.418 e. The predicted octanol–water partition coefficient (Wildman–Crippen LogP) is 2.04. The summed E-state index contributed by atoms with van der Waals surface area (Å²) in [7, 11) is 0. The molecule has 1 aliphatic rings. The number of likely N-dealkylation sites (tertiary alicyclic amines) is 1. The van der Waals surface area contributed by atoms with Crippen molar-refractivity contribution in [2.75, 3.05) is 13.1 Å². The van der Waals surface area contributed by atoms with E-state index in [2.05, 4.69) is 4.98 Å². The summed E-state index contributed by atoms with van der Waals surface area (Å²) < 4.78 is 38.6. The Hall–Kier alpha value is -2.12. The van der Waals surface area contributed by atoms with E-state index in [9.17, 15) is 22.8 Å². The van der Waals surface area contributed by atoms with Crippen molar-refractivity contribution in [2.24, 2.45) is 5.92 Å². The number of carboxylic acid groups (broad SMARTS) is 1. The molecule has 2 heterocycles. The first-order chi connectivity index (χ1) is 9.80. The van der Waals surface area contributed by atoms with Gasteiger partial charge in [0.05, 0.1) is 11.5 Å². The molecule has 0 aliphatic carbocycles. The minimum atomic E-state index is -4.68. The molecule has 0 radical (unpaired) electrons. The summed E-state index contributed by atoms with van der Waals surface area (Å²) in [6.07, 6.45) is -2.72. The summed E-state index contributed by atoms with van der Waals surface area (Å²) in [6, 6.07) is 1.90. The lowest BCUT2D eigenvalue weighted by Gasteiger charge is -2.30. The van der Waals surface area contributed by atoms with Gasteiger partial charge in [-0.3, -0.25) is 14.6 Å². The number of hydrogen-bond acceptors (Lipinski definition) is 3. The van der Waals surface area contributed by atoms with Crippen LogP contribution >= 0.6 is 0 Å². The standard InChI is InChI=1S/C13H13F3N2O3/c14-13(15,16)9-4-1-5-17-10(9)11(19)18-6-2-3-8(7-18)12(20)21/h1,4-5,8H,2-3,6-7H2,(H,20,21)/t8-/m0/s1. The third-order valence-electron chi connectivity index (χ3n) is 3.37. The van der Waals surface area contributed by atoms with Crippen LogP contribution in [0.3, 0.4) is 0 Å². The fraction of sp³-hybridized carbons (Fsp3) is 0.462. The molecule has 21 heavy (non-hydrogen) atoms. The van der Waals surface area contributed by atoms with Crippen LogP contribution in [0.2, 0.25) is 0 Å². The highest BCUT2D eigenvalue weighted by atomic mass is 19.4. The Morgan fingerprint density at radius 2 is 2.10 bits per heavy atom. The van der Waals surface area contributed by atoms with Crippen LogP contribution < -0.4 is 0 Å². The van der Waals surface area contributed by atoms with Crippen LogP contribution in [-0.2, 0) is 11.0 Å². The SMILES string of the molecule is O=C(O)[C@H]1CCCN(C(=O)c2ncccc2C(F)(F)F)C1. The topological polar surface area (TPSA) is 70.5 Å². The summed E-state index contributed by atoms with van der Waals surface area (Å²) in [4.78, 5) is 27.8. The van der Waals surface area contributed by atoms with E-state index in [-0.39, 0.29) is 13.1 Å². The number of halogens is 3. The fourth-order valence-electron chi connectivity index (χ4n) is 2.32. The molecule has 114 valence electrons. The van der Waals surface area contributed by atoms with Gasteiger partial charge in [0, 0.05) is 19.3 Å². The molecule has 0 unspecified atom stereocenters. The molecule has 1 fully saturated rings. The number of hydrogen-bond donors (Lipinski definition) is 1. The van der Waals surface area contributed by atoms with Gasteiger partial charge in [0.2, 0.25) is 0 Å². The zero-order valence-electron chi connectivity index (χ0n) is 10.9. The molecule has 1 aromatic rings. The zero-order chi connectivity index (χ0) is 15.6. The number of piperidine rings is 1. The van der Waals surface area contributed by atoms with Crippen molar-refractivity contribution in [2.45, 2.75) is 19.0 Å². The number of rotatable bonds is 2. The number of alkyl halides is 3. The van der Waals surface area contributed by atoms with Crippen LogP contribution in [0.1, 0.15) is 28.9 Å². The summed E-state index contributed by atoms with van der Waals surface area (Å²) in [5.74, 6) is -2.68. The minimum absolute atomic E-state index is 0.0952. The van der Waals surface area contributed by atoms with Gasteiger partial charge in [-0.2, -0.15) is 13.2 Å². The van der Waals surface area contributed by atoms with Crippen molar-refractivity contribution in [1.29, 1.82) is 0 Å². The quantitative estimate of drug-likeness (QED) is 0.907. The maximum Gasteiger partial charge on any atom is 0.418 e.